The average molecular weight is 450 g/mol. The predicted octanol–water partition coefficient (Wildman–Crippen LogP) is 4.18. The smallest absolute Gasteiger partial charge is 0.257 e. The third-order valence-electron chi connectivity index (χ3n) is 3.55. The first-order valence-electron chi connectivity index (χ1n) is 8.17. The maximum absolute atomic E-state index is 12.3. The lowest BCUT2D eigenvalue weighted by atomic mass is 10.2. The van der Waals surface area contributed by atoms with E-state index in [1.54, 1.807) is 49.6 Å². The molecule has 0 fully saturated rings. The highest BCUT2D eigenvalue weighted by atomic mass is 79.9. The molecule has 2 aromatic rings. The molecule has 0 bridgehead atoms. The van der Waals surface area contributed by atoms with Crippen LogP contribution in [0.5, 0.6) is 5.75 Å². The van der Waals surface area contributed by atoms with Gasteiger partial charge in [-0.05, 0) is 64.5 Å². The Morgan fingerprint density at radius 3 is 2.33 bits per heavy atom. The number of hydrogen-bond donors (Lipinski definition) is 3. The summed E-state index contributed by atoms with van der Waals surface area (Å²) in [4.78, 5) is 24.1. The first-order chi connectivity index (χ1) is 12.8. The van der Waals surface area contributed by atoms with Crippen molar-refractivity contribution in [2.75, 3.05) is 17.7 Å². The Balaban J connectivity index is 2.00. The molecule has 6 nitrogen and oxygen atoms in total. The number of methoxy groups -OCH3 is 1. The first kappa shape index (κ1) is 20.9. The minimum absolute atomic E-state index is 0.0758. The summed E-state index contributed by atoms with van der Waals surface area (Å²) >= 11 is 8.54. The molecule has 0 unspecified atom stereocenters. The number of rotatable bonds is 5. The summed E-state index contributed by atoms with van der Waals surface area (Å²) in [5.74, 6) is 0.0894. The van der Waals surface area contributed by atoms with Gasteiger partial charge < -0.3 is 15.4 Å². The number of benzene rings is 2. The van der Waals surface area contributed by atoms with Gasteiger partial charge in [-0.3, -0.25) is 14.9 Å². The van der Waals surface area contributed by atoms with Crippen LogP contribution in [0.2, 0.25) is 0 Å². The van der Waals surface area contributed by atoms with Crippen LogP contribution in [-0.4, -0.2) is 24.0 Å². The summed E-state index contributed by atoms with van der Waals surface area (Å²) < 4.78 is 5.82. The summed E-state index contributed by atoms with van der Waals surface area (Å²) in [6, 6.07) is 12.1. The molecular weight excluding hydrogens is 430 g/mol. The van der Waals surface area contributed by atoms with Crippen molar-refractivity contribution in [1.82, 2.24) is 5.32 Å². The fraction of sp³-hybridized carbons (Fsp3) is 0.211. The zero-order chi connectivity index (χ0) is 20.0. The van der Waals surface area contributed by atoms with Gasteiger partial charge in [-0.2, -0.15) is 0 Å². The maximum Gasteiger partial charge on any atom is 0.257 e. The standard InChI is InChI=1S/C19H20BrN3O3S/c1-11(2)17(24)21-13-5-4-6-14(10-13)22-19(27)23-18(25)12-7-8-16(26-3)15(20)9-12/h4-11H,1-3H3,(H,21,24)(H2,22,23,25,27). The molecule has 0 atom stereocenters. The zero-order valence-electron chi connectivity index (χ0n) is 15.1. The molecule has 27 heavy (non-hydrogen) atoms. The average Bonchev–Trinajstić information content (AvgIpc) is 2.61. The van der Waals surface area contributed by atoms with Gasteiger partial charge in [-0.15, -0.1) is 0 Å². The molecule has 2 aromatic carbocycles. The summed E-state index contributed by atoms with van der Waals surface area (Å²) in [6.45, 7) is 3.64. The highest BCUT2D eigenvalue weighted by Gasteiger charge is 2.11. The first-order valence-corrected chi connectivity index (χ1v) is 9.37. The van der Waals surface area contributed by atoms with Crippen molar-refractivity contribution in [3.8, 4) is 5.75 Å². The van der Waals surface area contributed by atoms with Gasteiger partial charge >= 0.3 is 0 Å². The van der Waals surface area contributed by atoms with E-state index in [0.29, 0.717) is 27.2 Å². The predicted molar refractivity (Wildman–Crippen MR) is 114 cm³/mol. The minimum atomic E-state index is -0.347. The van der Waals surface area contributed by atoms with Crippen molar-refractivity contribution in [2.24, 2.45) is 5.92 Å². The van der Waals surface area contributed by atoms with E-state index in [1.165, 1.54) is 0 Å². The van der Waals surface area contributed by atoms with E-state index >= 15 is 0 Å². The lowest BCUT2D eigenvalue weighted by molar-refractivity contribution is -0.118. The molecule has 2 amide bonds. The molecule has 142 valence electrons. The van der Waals surface area contributed by atoms with Crippen LogP contribution in [0, 0.1) is 5.92 Å². The van der Waals surface area contributed by atoms with Crippen LogP contribution < -0.4 is 20.7 Å². The Labute approximate surface area is 171 Å². The zero-order valence-corrected chi connectivity index (χ0v) is 17.5. The fourth-order valence-electron chi connectivity index (χ4n) is 2.11. The molecule has 3 N–H and O–H groups in total. The third kappa shape index (κ3) is 6.04. The molecule has 0 aliphatic rings. The molecule has 0 aliphatic heterocycles. The van der Waals surface area contributed by atoms with Crippen LogP contribution in [0.3, 0.4) is 0 Å². The summed E-state index contributed by atoms with van der Waals surface area (Å²) in [5.41, 5.74) is 1.73. The molecule has 0 aliphatic carbocycles. The van der Waals surface area contributed by atoms with Gasteiger partial charge in [-0.1, -0.05) is 19.9 Å². The van der Waals surface area contributed by atoms with Crippen LogP contribution >= 0.6 is 28.1 Å². The number of thiocarbonyl (C=S) groups is 1. The van der Waals surface area contributed by atoms with E-state index < -0.39 is 0 Å². The largest absolute Gasteiger partial charge is 0.496 e. The number of amides is 2. The van der Waals surface area contributed by atoms with Crippen molar-refractivity contribution < 1.29 is 14.3 Å². The van der Waals surface area contributed by atoms with Crippen molar-refractivity contribution in [3.05, 3.63) is 52.5 Å². The van der Waals surface area contributed by atoms with Gasteiger partial charge in [0, 0.05) is 22.9 Å². The van der Waals surface area contributed by atoms with E-state index in [2.05, 4.69) is 31.9 Å². The van der Waals surface area contributed by atoms with Crippen LogP contribution in [0.1, 0.15) is 24.2 Å². The van der Waals surface area contributed by atoms with Crippen molar-refractivity contribution >= 4 is 56.4 Å². The molecule has 8 heteroatoms. The van der Waals surface area contributed by atoms with Gasteiger partial charge in [-0.25, -0.2) is 0 Å². The van der Waals surface area contributed by atoms with Gasteiger partial charge in [0.1, 0.15) is 5.75 Å². The van der Waals surface area contributed by atoms with Gasteiger partial charge in [0.15, 0.2) is 5.11 Å². The number of carbonyl (C=O) groups excluding carboxylic acids is 2. The van der Waals surface area contributed by atoms with E-state index in [1.807, 2.05) is 13.8 Å². The summed E-state index contributed by atoms with van der Waals surface area (Å²) in [6.07, 6.45) is 0. The summed E-state index contributed by atoms with van der Waals surface area (Å²) in [7, 11) is 1.55. The normalized spacial score (nSPS) is 10.3. The summed E-state index contributed by atoms with van der Waals surface area (Å²) in [5, 5.41) is 8.52. The minimum Gasteiger partial charge on any atom is -0.496 e. The van der Waals surface area contributed by atoms with E-state index in [-0.39, 0.29) is 22.8 Å². The van der Waals surface area contributed by atoms with Gasteiger partial charge in [0.05, 0.1) is 11.6 Å². The second kappa shape index (κ2) is 9.48. The molecule has 0 spiro atoms. The molecule has 0 aromatic heterocycles. The van der Waals surface area contributed by atoms with E-state index in [9.17, 15) is 9.59 Å². The molecule has 0 heterocycles. The number of hydrogen-bond acceptors (Lipinski definition) is 4. The third-order valence-corrected chi connectivity index (χ3v) is 4.38. The van der Waals surface area contributed by atoms with Gasteiger partial charge in [0.25, 0.3) is 5.91 Å². The van der Waals surface area contributed by atoms with Crippen LogP contribution in [0.4, 0.5) is 11.4 Å². The maximum atomic E-state index is 12.3. The Hall–Kier alpha value is -2.45. The quantitative estimate of drug-likeness (QED) is 0.596. The Kier molecular flexibility index (Phi) is 7.32. The lowest BCUT2D eigenvalue weighted by Crippen LogP contribution is -2.34. The van der Waals surface area contributed by atoms with E-state index in [4.69, 9.17) is 17.0 Å². The fourth-order valence-corrected chi connectivity index (χ4v) is 2.86. The van der Waals surface area contributed by atoms with Crippen LogP contribution in [-0.2, 0) is 4.79 Å². The lowest BCUT2D eigenvalue weighted by Gasteiger charge is -2.12. The molecule has 0 radical (unpaired) electrons. The van der Waals surface area contributed by atoms with Crippen molar-refractivity contribution in [1.29, 1.82) is 0 Å². The molecule has 0 saturated carbocycles. The second-order valence-electron chi connectivity index (χ2n) is 5.98. The molecule has 2 rings (SSSR count). The van der Waals surface area contributed by atoms with Crippen LogP contribution in [0.25, 0.3) is 0 Å². The highest BCUT2D eigenvalue weighted by Crippen LogP contribution is 2.25. The van der Waals surface area contributed by atoms with E-state index in [0.717, 1.165) is 0 Å². The second-order valence-corrected chi connectivity index (χ2v) is 7.24. The molecule has 0 saturated heterocycles. The number of anilines is 2. The van der Waals surface area contributed by atoms with Crippen molar-refractivity contribution in [3.63, 3.8) is 0 Å². The number of carbonyl (C=O) groups is 2. The number of nitrogens with one attached hydrogen (secondary N) is 3. The Bertz CT molecular complexity index is 871. The monoisotopic (exact) mass is 449 g/mol. The van der Waals surface area contributed by atoms with Crippen LogP contribution in [0.15, 0.2) is 46.9 Å². The number of halogens is 1. The highest BCUT2D eigenvalue weighted by molar-refractivity contribution is 9.10. The van der Waals surface area contributed by atoms with Crippen molar-refractivity contribution in [2.45, 2.75) is 13.8 Å². The Morgan fingerprint density at radius 1 is 1.07 bits per heavy atom. The molecular formula is C19H20BrN3O3S. The Morgan fingerprint density at radius 2 is 1.74 bits per heavy atom. The SMILES string of the molecule is COc1ccc(C(=O)NC(=S)Nc2cccc(NC(=O)C(C)C)c2)cc1Br. The van der Waals surface area contributed by atoms with Gasteiger partial charge in [0.2, 0.25) is 5.91 Å². The topological polar surface area (TPSA) is 79.5 Å². The number of ether oxygens (including phenoxy) is 1.